The molecule has 2 N–H and O–H groups in total. The molecule has 1 saturated heterocycles. The molecule has 1 aromatic heterocycles. The molecule has 3 rings (SSSR count). The number of halogens is 2. The third-order valence-corrected chi connectivity index (χ3v) is 5.17. The van der Waals surface area contributed by atoms with Crippen molar-refractivity contribution in [2.45, 2.75) is 19.0 Å². The van der Waals surface area contributed by atoms with Crippen LogP contribution < -0.4 is 15.5 Å². The first-order chi connectivity index (χ1) is 13.7. The third kappa shape index (κ3) is 7.31. The summed E-state index contributed by atoms with van der Waals surface area (Å²) in [5, 5.41) is 7.63. The molecule has 0 amide bonds. The van der Waals surface area contributed by atoms with Crippen molar-refractivity contribution in [3.8, 4) is 0 Å². The number of likely N-dealkylation sites (N-methyl/N-ethyl adjacent to an activating group) is 1. The lowest BCUT2D eigenvalue weighted by Gasteiger charge is -2.21. The van der Waals surface area contributed by atoms with E-state index in [-0.39, 0.29) is 24.0 Å². The molecular weight excluding hydrogens is 499 g/mol. The van der Waals surface area contributed by atoms with Crippen molar-refractivity contribution in [2.24, 2.45) is 4.99 Å². The molecule has 6 nitrogen and oxygen atoms in total. The van der Waals surface area contributed by atoms with E-state index in [0.29, 0.717) is 11.1 Å². The third-order valence-electron chi connectivity index (χ3n) is 4.87. The summed E-state index contributed by atoms with van der Waals surface area (Å²) in [5.41, 5.74) is 1.33. The number of hydrogen-bond donors (Lipinski definition) is 2. The maximum atomic E-state index is 6.28. The van der Waals surface area contributed by atoms with E-state index in [2.05, 4.69) is 61.7 Å². The summed E-state index contributed by atoms with van der Waals surface area (Å²) in [6.45, 7) is 4.52. The fourth-order valence-corrected chi connectivity index (χ4v) is 3.65. The minimum atomic E-state index is 0. The van der Waals surface area contributed by atoms with Crippen LogP contribution in [0.5, 0.6) is 0 Å². The summed E-state index contributed by atoms with van der Waals surface area (Å²) in [5.74, 6) is 1.70. The van der Waals surface area contributed by atoms with Gasteiger partial charge in [-0.2, -0.15) is 0 Å². The van der Waals surface area contributed by atoms with Crippen LogP contribution in [0.15, 0.2) is 53.7 Å². The Balaban J connectivity index is 0.00000300. The van der Waals surface area contributed by atoms with Gasteiger partial charge in [0.15, 0.2) is 5.96 Å². The Hall–Kier alpha value is -1.58. The maximum Gasteiger partial charge on any atom is 0.191 e. The van der Waals surface area contributed by atoms with Crippen molar-refractivity contribution in [3.05, 3.63) is 59.2 Å². The van der Waals surface area contributed by atoms with Crippen LogP contribution in [-0.4, -0.2) is 62.2 Å². The fraction of sp³-hybridized carbons (Fsp3) is 0.429. The molecule has 1 fully saturated rings. The average Bonchev–Trinajstić information content (AvgIpc) is 3.16. The number of hydrogen-bond acceptors (Lipinski definition) is 4. The van der Waals surface area contributed by atoms with Gasteiger partial charge in [-0.25, -0.2) is 4.98 Å². The fourth-order valence-electron chi connectivity index (χ4n) is 3.41. The summed E-state index contributed by atoms with van der Waals surface area (Å²) in [4.78, 5) is 13.3. The first-order valence-corrected chi connectivity index (χ1v) is 10.1. The number of pyridine rings is 1. The normalized spacial score (nSPS) is 16.6. The summed E-state index contributed by atoms with van der Waals surface area (Å²) >= 11 is 6.28. The lowest BCUT2D eigenvalue weighted by Crippen LogP contribution is -2.46. The number of nitrogens with one attached hydrogen (secondary N) is 2. The van der Waals surface area contributed by atoms with Crippen molar-refractivity contribution in [2.75, 3.05) is 45.2 Å². The van der Waals surface area contributed by atoms with E-state index in [1.807, 2.05) is 25.2 Å². The zero-order valence-corrected chi connectivity index (χ0v) is 20.1. The second-order valence-electron chi connectivity index (χ2n) is 7.11. The highest BCUT2D eigenvalue weighted by Crippen LogP contribution is 2.25. The Bertz CT molecular complexity index is 773. The number of aliphatic imine (C=N–C) groups is 1. The molecule has 1 aliphatic heterocycles. The van der Waals surface area contributed by atoms with Crippen molar-refractivity contribution < 1.29 is 0 Å². The molecule has 0 radical (unpaired) electrons. The van der Waals surface area contributed by atoms with Gasteiger partial charge in [0, 0.05) is 52.0 Å². The zero-order valence-electron chi connectivity index (χ0n) is 17.0. The molecule has 0 spiro atoms. The highest BCUT2D eigenvalue weighted by molar-refractivity contribution is 14.0. The number of anilines is 1. The Morgan fingerprint density at radius 2 is 2.07 bits per heavy atom. The van der Waals surface area contributed by atoms with E-state index >= 15 is 0 Å². The van der Waals surface area contributed by atoms with Crippen LogP contribution in [0, 0.1) is 0 Å². The quantitative estimate of drug-likeness (QED) is 0.328. The second kappa shape index (κ2) is 12.2. The van der Waals surface area contributed by atoms with E-state index in [1.54, 1.807) is 6.20 Å². The van der Waals surface area contributed by atoms with Gasteiger partial charge in [0.1, 0.15) is 5.82 Å². The molecule has 0 bridgehead atoms. The largest absolute Gasteiger partial charge is 0.355 e. The number of benzene rings is 1. The second-order valence-corrected chi connectivity index (χ2v) is 7.51. The van der Waals surface area contributed by atoms with Crippen molar-refractivity contribution in [1.29, 1.82) is 0 Å². The van der Waals surface area contributed by atoms with E-state index in [0.717, 1.165) is 50.9 Å². The number of aromatic nitrogens is 1. The highest BCUT2D eigenvalue weighted by Gasteiger charge is 2.25. The summed E-state index contributed by atoms with van der Waals surface area (Å²) in [6.07, 6.45) is 2.82. The molecule has 1 aromatic carbocycles. The van der Waals surface area contributed by atoms with E-state index in [4.69, 9.17) is 11.6 Å². The standard InChI is InChI=1S/C21H29ClN6.HI/c1-23-21(25-12-14-27(2)15-17-7-4-3-5-8-17)26-18-10-13-28(16-18)20-19(22)9-6-11-24-20;/h3-9,11,18H,10,12-16H2,1-2H3,(H2,23,25,26);1H. The van der Waals surface area contributed by atoms with Gasteiger partial charge in [-0.05, 0) is 31.2 Å². The lowest BCUT2D eigenvalue weighted by atomic mass is 10.2. The molecule has 8 heteroatoms. The van der Waals surface area contributed by atoms with Gasteiger partial charge in [0.05, 0.1) is 5.02 Å². The van der Waals surface area contributed by atoms with Gasteiger partial charge < -0.3 is 20.4 Å². The van der Waals surface area contributed by atoms with Gasteiger partial charge in [-0.3, -0.25) is 4.99 Å². The van der Waals surface area contributed by atoms with E-state index in [9.17, 15) is 0 Å². The molecule has 2 heterocycles. The maximum absolute atomic E-state index is 6.28. The number of nitrogens with zero attached hydrogens (tertiary/aromatic N) is 4. The van der Waals surface area contributed by atoms with E-state index < -0.39 is 0 Å². The lowest BCUT2D eigenvalue weighted by molar-refractivity contribution is 0.331. The van der Waals surface area contributed by atoms with Crippen molar-refractivity contribution in [3.63, 3.8) is 0 Å². The monoisotopic (exact) mass is 528 g/mol. The van der Waals surface area contributed by atoms with Crippen LogP contribution in [0.3, 0.4) is 0 Å². The number of guanidine groups is 1. The van der Waals surface area contributed by atoms with Gasteiger partial charge in [-0.15, -0.1) is 24.0 Å². The smallest absolute Gasteiger partial charge is 0.191 e. The summed E-state index contributed by atoms with van der Waals surface area (Å²) in [6, 6.07) is 14.6. The van der Waals surface area contributed by atoms with Crippen LogP contribution >= 0.6 is 35.6 Å². The number of rotatable bonds is 7. The van der Waals surface area contributed by atoms with Crippen LogP contribution in [-0.2, 0) is 6.54 Å². The highest BCUT2D eigenvalue weighted by atomic mass is 127. The van der Waals surface area contributed by atoms with Gasteiger partial charge >= 0.3 is 0 Å². The van der Waals surface area contributed by atoms with Gasteiger partial charge in [-0.1, -0.05) is 41.9 Å². The molecule has 0 aliphatic carbocycles. The molecule has 29 heavy (non-hydrogen) atoms. The Kier molecular flexibility index (Phi) is 9.96. The molecule has 2 aromatic rings. The molecule has 1 atom stereocenters. The molecule has 1 aliphatic rings. The van der Waals surface area contributed by atoms with Crippen LogP contribution in [0.4, 0.5) is 5.82 Å². The van der Waals surface area contributed by atoms with Crippen LogP contribution in [0.25, 0.3) is 0 Å². The zero-order chi connectivity index (χ0) is 19.8. The summed E-state index contributed by atoms with van der Waals surface area (Å²) in [7, 11) is 3.95. The molecule has 0 saturated carbocycles. The summed E-state index contributed by atoms with van der Waals surface area (Å²) < 4.78 is 0. The topological polar surface area (TPSA) is 55.8 Å². The first-order valence-electron chi connectivity index (χ1n) is 9.71. The van der Waals surface area contributed by atoms with Crippen molar-refractivity contribution >= 4 is 47.4 Å². The SMILES string of the molecule is CN=C(NCCN(C)Cc1ccccc1)NC1CCN(c2ncccc2Cl)C1.I. The van der Waals surface area contributed by atoms with Gasteiger partial charge in [0.25, 0.3) is 0 Å². The minimum Gasteiger partial charge on any atom is -0.355 e. The minimum absolute atomic E-state index is 0. The first kappa shape index (κ1) is 23.7. The molecular formula is C21H30ClIN6. The Morgan fingerprint density at radius 3 is 2.79 bits per heavy atom. The van der Waals surface area contributed by atoms with Gasteiger partial charge in [0.2, 0.25) is 0 Å². The Morgan fingerprint density at radius 1 is 1.28 bits per heavy atom. The predicted molar refractivity (Wildman–Crippen MR) is 133 cm³/mol. The average molecular weight is 529 g/mol. The van der Waals surface area contributed by atoms with Crippen LogP contribution in [0.2, 0.25) is 5.02 Å². The van der Waals surface area contributed by atoms with E-state index in [1.165, 1.54) is 5.56 Å². The van der Waals surface area contributed by atoms with Crippen LogP contribution in [0.1, 0.15) is 12.0 Å². The predicted octanol–water partition coefficient (Wildman–Crippen LogP) is 3.23. The Labute approximate surface area is 195 Å². The van der Waals surface area contributed by atoms with Crippen molar-refractivity contribution in [1.82, 2.24) is 20.5 Å². The molecule has 1 unspecified atom stereocenters. The molecule has 158 valence electrons.